The van der Waals surface area contributed by atoms with E-state index in [-0.39, 0.29) is 0 Å². The van der Waals surface area contributed by atoms with Crippen molar-refractivity contribution in [1.29, 1.82) is 0 Å². The van der Waals surface area contributed by atoms with Gasteiger partial charge in [0.15, 0.2) is 0 Å². The van der Waals surface area contributed by atoms with E-state index in [1.165, 1.54) is 51.4 Å². The lowest BCUT2D eigenvalue weighted by atomic mass is 10.3. The molecule has 4 nitrogen and oxygen atoms in total. The van der Waals surface area contributed by atoms with E-state index in [1.807, 2.05) is 0 Å². The van der Waals surface area contributed by atoms with Crippen molar-refractivity contribution >= 4 is 5.97 Å². The van der Waals surface area contributed by atoms with Crippen molar-refractivity contribution in [2.75, 3.05) is 13.2 Å². The van der Waals surface area contributed by atoms with Crippen LogP contribution in [-0.4, -0.2) is 36.5 Å². The molecule has 0 amide bonds. The molecule has 0 bridgehead atoms. The molecule has 4 heteroatoms. The van der Waals surface area contributed by atoms with Crippen LogP contribution in [0.4, 0.5) is 0 Å². The van der Waals surface area contributed by atoms with Gasteiger partial charge in [-0.1, -0.05) is 32.3 Å². The van der Waals surface area contributed by atoms with Gasteiger partial charge < -0.3 is 14.6 Å². The molecule has 0 aromatic carbocycles. The molecule has 0 radical (unpaired) electrons. The Morgan fingerprint density at radius 3 is 1.58 bits per heavy atom. The minimum atomic E-state index is -0.981. The van der Waals surface area contributed by atoms with E-state index in [0.717, 1.165) is 19.3 Å². The largest absolute Gasteiger partial charge is 0.478 e. The van der Waals surface area contributed by atoms with E-state index < -0.39 is 5.97 Å². The third-order valence-corrected chi connectivity index (χ3v) is 3.57. The first-order chi connectivity index (χ1) is 9.22. The monoisotopic (exact) mass is 270 g/mol. The van der Waals surface area contributed by atoms with Crippen molar-refractivity contribution in [3.8, 4) is 0 Å². The van der Waals surface area contributed by atoms with Crippen LogP contribution >= 0.6 is 0 Å². The van der Waals surface area contributed by atoms with Gasteiger partial charge in [0.2, 0.25) is 0 Å². The first-order valence-electron chi connectivity index (χ1n) is 7.31. The highest BCUT2D eigenvalue weighted by Crippen LogP contribution is 2.22. The molecular formula is C15H26O4. The van der Waals surface area contributed by atoms with Gasteiger partial charge in [0.05, 0.1) is 25.4 Å². The normalized spacial score (nSPS) is 20.0. The second-order valence-electron chi connectivity index (χ2n) is 5.10. The average Bonchev–Trinajstić information content (AvgIpc) is 3.08. The lowest BCUT2D eigenvalue weighted by molar-refractivity contribution is -0.131. The summed E-state index contributed by atoms with van der Waals surface area (Å²) in [4.78, 5) is 9.25. The molecule has 0 heterocycles. The molecule has 2 fully saturated rings. The number of carbonyl (C=O) groups is 1. The summed E-state index contributed by atoms with van der Waals surface area (Å²) in [6.07, 6.45) is 12.4. The molecule has 110 valence electrons. The summed E-state index contributed by atoms with van der Waals surface area (Å²) in [7, 11) is 0. The number of carboxylic acid groups (broad SMARTS) is 1. The van der Waals surface area contributed by atoms with E-state index in [9.17, 15) is 4.79 Å². The van der Waals surface area contributed by atoms with Crippen LogP contribution < -0.4 is 0 Å². The maximum absolute atomic E-state index is 9.25. The standard InChI is InChI=1S/C12H22O2.C3H4O2/c1-2-6-11(5-1)13-9-10-14-12-7-3-4-8-12;1-2-3(4)5/h11-12H,1-10H2;2H,1H2,(H,4,5). The molecule has 0 atom stereocenters. The van der Waals surface area contributed by atoms with Gasteiger partial charge in [0.1, 0.15) is 0 Å². The Labute approximate surface area is 115 Å². The van der Waals surface area contributed by atoms with Gasteiger partial charge in [0.25, 0.3) is 0 Å². The molecule has 0 aromatic heterocycles. The van der Waals surface area contributed by atoms with Gasteiger partial charge in [-0.3, -0.25) is 0 Å². The van der Waals surface area contributed by atoms with E-state index in [4.69, 9.17) is 14.6 Å². The fourth-order valence-corrected chi connectivity index (χ4v) is 2.54. The van der Waals surface area contributed by atoms with Crippen LogP contribution in [0.25, 0.3) is 0 Å². The highest BCUT2D eigenvalue weighted by atomic mass is 16.5. The molecule has 0 unspecified atom stereocenters. The fraction of sp³-hybridized carbons (Fsp3) is 0.800. The summed E-state index contributed by atoms with van der Waals surface area (Å²) in [6.45, 7) is 4.57. The van der Waals surface area contributed by atoms with Crippen molar-refractivity contribution in [2.45, 2.75) is 63.6 Å². The highest BCUT2D eigenvalue weighted by molar-refractivity contribution is 5.78. The third kappa shape index (κ3) is 8.01. The maximum Gasteiger partial charge on any atom is 0.327 e. The third-order valence-electron chi connectivity index (χ3n) is 3.57. The van der Waals surface area contributed by atoms with Crippen molar-refractivity contribution < 1.29 is 19.4 Å². The first kappa shape index (κ1) is 16.2. The van der Waals surface area contributed by atoms with Crippen molar-refractivity contribution in [1.82, 2.24) is 0 Å². The second-order valence-corrected chi connectivity index (χ2v) is 5.10. The Kier molecular flexibility index (Phi) is 8.50. The number of hydrogen-bond acceptors (Lipinski definition) is 3. The zero-order valence-electron chi connectivity index (χ0n) is 11.7. The van der Waals surface area contributed by atoms with Gasteiger partial charge in [-0.2, -0.15) is 0 Å². The van der Waals surface area contributed by atoms with E-state index in [2.05, 4.69) is 6.58 Å². The van der Waals surface area contributed by atoms with Gasteiger partial charge in [-0.05, 0) is 25.7 Å². The molecule has 19 heavy (non-hydrogen) atoms. The molecular weight excluding hydrogens is 244 g/mol. The summed E-state index contributed by atoms with van der Waals surface area (Å²) in [5, 5.41) is 7.60. The van der Waals surface area contributed by atoms with Crippen LogP contribution in [0.15, 0.2) is 12.7 Å². The molecule has 0 saturated heterocycles. The summed E-state index contributed by atoms with van der Waals surface area (Å²) < 4.78 is 11.5. The van der Waals surface area contributed by atoms with Crippen LogP contribution in [0.2, 0.25) is 0 Å². The fourth-order valence-electron chi connectivity index (χ4n) is 2.54. The Morgan fingerprint density at radius 1 is 1.00 bits per heavy atom. The number of hydrogen-bond donors (Lipinski definition) is 1. The molecule has 2 saturated carbocycles. The molecule has 2 rings (SSSR count). The van der Waals surface area contributed by atoms with Gasteiger partial charge in [-0.25, -0.2) is 4.79 Å². The lowest BCUT2D eigenvalue weighted by Gasteiger charge is -2.14. The molecule has 2 aliphatic carbocycles. The van der Waals surface area contributed by atoms with Crippen LogP contribution in [0.1, 0.15) is 51.4 Å². The van der Waals surface area contributed by atoms with Gasteiger partial charge in [-0.15, -0.1) is 0 Å². The number of carboxylic acids is 1. The van der Waals surface area contributed by atoms with Gasteiger partial charge in [0, 0.05) is 6.08 Å². The quantitative estimate of drug-likeness (QED) is 0.595. The Morgan fingerprint density at radius 2 is 1.32 bits per heavy atom. The van der Waals surface area contributed by atoms with Crippen LogP contribution in [0.3, 0.4) is 0 Å². The van der Waals surface area contributed by atoms with Crippen LogP contribution in [-0.2, 0) is 14.3 Å². The molecule has 0 aromatic rings. The Hall–Kier alpha value is -0.870. The van der Waals surface area contributed by atoms with Crippen LogP contribution in [0.5, 0.6) is 0 Å². The SMILES string of the molecule is C1CCC(OCCOC2CCCC2)C1.C=CC(=O)O. The summed E-state index contributed by atoms with van der Waals surface area (Å²) in [6, 6.07) is 0. The Bertz CT molecular complexity index is 235. The summed E-state index contributed by atoms with van der Waals surface area (Å²) in [5.74, 6) is -0.981. The van der Waals surface area contributed by atoms with E-state index in [0.29, 0.717) is 12.2 Å². The second kappa shape index (κ2) is 9.98. The smallest absolute Gasteiger partial charge is 0.327 e. The predicted octanol–water partition coefficient (Wildman–Crippen LogP) is 3.16. The minimum absolute atomic E-state index is 0.544. The predicted molar refractivity (Wildman–Crippen MR) is 74.2 cm³/mol. The van der Waals surface area contributed by atoms with Crippen molar-refractivity contribution in [2.24, 2.45) is 0 Å². The zero-order valence-corrected chi connectivity index (χ0v) is 11.7. The molecule has 0 spiro atoms. The van der Waals surface area contributed by atoms with E-state index >= 15 is 0 Å². The molecule has 0 aliphatic heterocycles. The van der Waals surface area contributed by atoms with Gasteiger partial charge >= 0.3 is 5.97 Å². The average molecular weight is 270 g/mol. The number of rotatable bonds is 6. The van der Waals surface area contributed by atoms with Crippen molar-refractivity contribution in [3.05, 3.63) is 12.7 Å². The topological polar surface area (TPSA) is 55.8 Å². The molecule has 2 aliphatic rings. The van der Waals surface area contributed by atoms with Crippen molar-refractivity contribution in [3.63, 3.8) is 0 Å². The summed E-state index contributed by atoms with van der Waals surface area (Å²) >= 11 is 0. The summed E-state index contributed by atoms with van der Waals surface area (Å²) in [5.41, 5.74) is 0. The highest BCUT2D eigenvalue weighted by Gasteiger charge is 2.17. The minimum Gasteiger partial charge on any atom is -0.478 e. The van der Waals surface area contributed by atoms with Crippen LogP contribution in [0, 0.1) is 0 Å². The Balaban J connectivity index is 0.000000312. The zero-order chi connectivity index (χ0) is 13.9. The lowest BCUT2D eigenvalue weighted by Crippen LogP contribution is -2.16. The maximum atomic E-state index is 9.25. The number of aliphatic carboxylic acids is 1. The first-order valence-corrected chi connectivity index (χ1v) is 7.31. The van der Waals surface area contributed by atoms with E-state index in [1.54, 1.807) is 0 Å². The number of ether oxygens (including phenoxy) is 2. The molecule has 1 N–H and O–H groups in total.